The number of rotatable bonds is 3. The van der Waals surface area contributed by atoms with Crippen molar-refractivity contribution in [3.8, 4) is 22.6 Å². The van der Waals surface area contributed by atoms with Crippen LogP contribution in [0.25, 0.3) is 11.1 Å². The van der Waals surface area contributed by atoms with Crippen molar-refractivity contribution in [2.75, 3.05) is 17.4 Å². The summed E-state index contributed by atoms with van der Waals surface area (Å²) in [6.07, 6.45) is 0. The average Bonchev–Trinajstić information content (AvgIpc) is 3.35. The zero-order valence-corrected chi connectivity index (χ0v) is 15.3. The molecule has 3 N–H and O–H groups in total. The zero-order valence-electron chi connectivity index (χ0n) is 15.3. The Hall–Kier alpha value is -4.00. The van der Waals surface area contributed by atoms with Crippen molar-refractivity contribution in [2.24, 2.45) is 0 Å². The molecule has 0 unspecified atom stereocenters. The van der Waals surface area contributed by atoms with Crippen molar-refractivity contribution < 1.29 is 19.1 Å². The summed E-state index contributed by atoms with van der Waals surface area (Å²) in [5, 5.41) is 8.43. The van der Waals surface area contributed by atoms with Gasteiger partial charge in [-0.05, 0) is 47.0 Å². The molecule has 0 spiro atoms. The van der Waals surface area contributed by atoms with E-state index in [4.69, 9.17) is 9.47 Å². The summed E-state index contributed by atoms with van der Waals surface area (Å²) in [7, 11) is 0. The van der Waals surface area contributed by atoms with E-state index in [1.807, 2.05) is 42.5 Å². The highest BCUT2D eigenvalue weighted by Crippen LogP contribution is 2.34. The van der Waals surface area contributed by atoms with E-state index >= 15 is 0 Å². The fraction of sp³-hybridized carbons (Fsp3) is 0.0909. The van der Waals surface area contributed by atoms with Crippen molar-refractivity contribution in [1.29, 1.82) is 0 Å². The van der Waals surface area contributed by atoms with Gasteiger partial charge < -0.3 is 25.4 Å². The van der Waals surface area contributed by atoms with Gasteiger partial charge in [0.15, 0.2) is 11.5 Å². The Balaban J connectivity index is 1.29. The molecule has 5 rings (SSSR count). The molecule has 29 heavy (non-hydrogen) atoms. The maximum atomic E-state index is 12.3. The van der Waals surface area contributed by atoms with Crippen LogP contribution in [0, 0.1) is 0 Å². The number of nitrogens with one attached hydrogen (secondary N) is 3. The number of amides is 3. The molecule has 3 aromatic rings. The Morgan fingerprint density at radius 2 is 1.59 bits per heavy atom. The summed E-state index contributed by atoms with van der Waals surface area (Å²) in [6, 6.07) is 18.1. The lowest BCUT2D eigenvalue weighted by molar-refractivity contribution is 0.0965. The number of hydrogen-bond donors (Lipinski definition) is 3. The monoisotopic (exact) mass is 387 g/mol. The maximum Gasteiger partial charge on any atom is 0.323 e. The van der Waals surface area contributed by atoms with Crippen molar-refractivity contribution in [2.45, 2.75) is 6.54 Å². The minimum atomic E-state index is -0.355. The molecule has 144 valence electrons. The van der Waals surface area contributed by atoms with Crippen molar-refractivity contribution in [3.63, 3.8) is 0 Å². The van der Waals surface area contributed by atoms with Gasteiger partial charge in [0, 0.05) is 29.5 Å². The van der Waals surface area contributed by atoms with E-state index < -0.39 is 0 Å². The lowest BCUT2D eigenvalue weighted by Crippen LogP contribution is -2.19. The van der Waals surface area contributed by atoms with Crippen LogP contribution < -0.4 is 25.4 Å². The van der Waals surface area contributed by atoms with Gasteiger partial charge in [-0.1, -0.05) is 24.3 Å². The first-order valence-corrected chi connectivity index (χ1v) is 9.15. The lowest BCUT2D eigenvalue weighted by atomic mass is 9.97. The molecule has 2 heterocycles. The van der Waals surface area contributed by atoms with Gasteiger partial charge in [0.2, 0.25) is 6.79 Å². The van der Waals surface area contributed by atoms with Gasteiger partial charge in [0.1, 0.15) is 0 Å². The standard InChI is InChI=1S/C22H17N3O4/c26-21-17-3-1-2-16(18(17)11-23-21)13-4-6-14(7-5-13)24-22(27)25-15-8-9-19-20(10-15)29-12-28-19/h1-10H,11-12H2,(H,23,26)(H2,24,25,27). The molecule has 0 fully saturated rings. The van der Waals surface area contributed by atoms with E-state index in [1.165, 1.54) is 0 Å². The molecule has 2 aliphatic rings. The number of hydrogen-bond acceptors (Lipinski definition) is 4. The summed E-state index contributed by atoms with van der Waals surface area (Å²) >= 11 is 0. The van der Waals surface area contributed by atoms with E-state index in [0.717, 1.165) is 16.7 Å². The number of carbonyl (C=O) groups is 2. The molecular weight excluding hydrogens is 370 g/mol. The Labute approximate surface area is 166 Å². The normalized spacial score (nSPS) is 13.6. The predicted molar refractivity (Wildman–Crippen MR) is 108 cm³/mol. The highest BCUT2D eigenvalue weighted by molar-refractivity contribution is 6.01. The van der Waals surface area contributed by atoms with Gasteiger partial charge in [-0.2, -0.15) is 0 Å². The van der Waals surface area contributed by atoms with Crippen molar-refractivity contribution in [1.82, 2.24) is 5.32 Å². The van der Waals surface area contributed by atoms with Crippen LogP contribution in [-0.2, 0) is 6.54 Å². The van der Waals surface area contributed by atoms with Gasteiger partial charge in [0.05, 0.1) is 0 Å². The summed E-state index contributed by atoms with van der Waals surface area (Å²) < 4.78 is 10.6. The van der Waals surface area contributed by atoms with Crippen molar-refractivity contribution >= 4 is 23.3 Å². The number of benzene rings is 3. The third-order valence-corrected chi connectivity index (χ3v) is 4.93. The Kier molecular flexibility index (Phi) is 4.05. The fourth-order valence-electron chi connectivity index (χ4n) is 3.53. The molecule has 0 radical (unpaired) electrons. The Morgan fingerprint density at radius 3 is 2.45 bits per heavy atom. The molecule has 0 aliphatic carbocycles. The number of anilines is 2. The van der Waals surface area contributed by atoms with Gasteiger partial charge in [-0.15, -0.1) is 0 Å². The second kappa shape index (κ2) is 6.87. The number of fused-ring (bicyclic) bond motifs is 2. The number of carbonyl (C=O) groups excluding carboxylic acids is 2. The van der Waals surface area contributed by atoms with Crippen LogP contribution in [0.1, 0.15) is 15.9 Å². The smallest absolute Gasteiger partial charge is 0.323 e. The fourth-order valence-corrected chi connectivity index (χ4v) is 3.53. The molecule has 0 aromatic heterocycles. The van der Waals surface area contributed by atoms with E-state index in [2.05, 4.69) is 16.0 Å². The number of urea groups is 1. The largest absolute Gasteiger partial charge is 0.454 e. The Morgan fingerprint density at radius 1 is 0.862 bits per heavy atom. The second-order valence-corrected chi connectivity index (χ2v) is 6.74. The average molecular weight is 387 g/mol. The van der Waals surface area contributed by atoms with E-state index in [1.54, 1.807) is 18.2 Å². The van der Waals surface area contributed by atoms with Crippen LogP contribution >= 0.6 is 0 Å². The molecule has 3 amide bonds. The summed E-state index contributed by atoms with van der Waals surface area (Å²) in [4.78, 5) is 24.1. The summed E-state index contributed by atoms with van der Waals surface area (Å²) in [6.45, 7) is 0.717. The molecule has 0 saturated carbocycles. The SMILES string of the molecule is O=C(Nc1ccc(-c2cccc3c2CNC3=O)cc1)Nc1ccc2c(c1)OCO2. The van der Waals surface area contributed by atoms with E-state index in [0.29, 0.717) is 35.0 Å². The van der Waals surface area contributed by atoms with Crippen LogP contribution in [0.3, 0.4) is 0 Å². The van der Waals surface area contributed by atoms with E-state index in [-0.39, 0.29) is 18.7 Å². The molecule has 7 nitrogen and oxygen atoms in total. The number of ether oxygens (including phenoxy) is 2. The van der Waals surface area contributed by atoms with Gasteiger partial charge in [-0.25, -0.2) is 4.79 Å². The predicted octanol–water partition coefficient (Wildman–Crippen LogP) is 3.97. The first-order chi connectivity index (χ1) is 14.2. The molecular formula is C22H17N3O4. The zero-order chi connectivity index (χ0) is 19.8. The van der Waals surface area contributed by atoms with E-state index in [9.17, 15) is 9.59 Å². The molecule has 7 heteroatoms. The first-order valence-electron chi connectivity index (χ1n) is 9.15. The van der Waals surface area contributed by atoms with Crippen LogP contribution in [-0.4, -0.2) is 18.7 Å². The van der Waals surface area contributed by atoms with Gasteiger partial charge >= 0.3 is 6.03 Å². The summed E-state index contributed by atoms with van der Waals surface area (Å²) in [5.74, 6) is 1.23. The van der Waals surface area contributed by atoms with Gasteiger partial charge in [-0.3, -0.25) is 4.79 Å². The highest BCUT2D eigenvalue weighted by atomic mass is 16.7. The van der Waals surface area contributed by atoms with Crippen LogP contribution in [0.5, 0.6) is 11.5 Å². The highest BCUT2D eigenvalue weighted by Gasteiger charge is 2.21. The molecule has 0 saturated heterocycles. The molecule has 3 aromatic carbocycles. The third-order valence-electron chi connectivity index (χ3n) is 4.93. The summed E-state index contributed by atoms with van der Waals surface area (Å²) in [5.41, 5.74) is 4.98. The minimum absolute atomic E-state index is 0.0414. The van der Waals surface area contributed by atoms with Gasteiger partial charge in [0.25, 0.3) is 5.91 Å². The lowest BCUT2D eigenvalue weighted by Gasteiger charge is -2.10. The third kappa shape index (κ3) is 3.23. The second-order valence-electron chi connectivity index (χ2n) is 6.74. The van der Waals surface area contributed by atoms with Crippen LogP contribution in [0.15, 0.2) is 60.7 Å². The topological polar surface area (TPSA) is 88.7 Å². The molecule has 2 aliphatic heterocycles. The van der Waals surface area contributed by atoms with Crippen LogP contribution in [0.2, 0.25) is 0 Å². The quantitative estimate of drug-likeness (QED) is 0.634. The minimum Gasteiger partial charge on any atom is -0.454 e. The Bertz CT molecular complexity index is 1130. The van der Waals surface area contributed by atoms with Crippen LogP contribution in [0.4, 0.5) is 16.2 Å². The first kappa shape index (κ1) is 17.1. The van der Waals surface area contributed by atoms with Crippen molar-refractivity contribution in [3.05, 3.63) is 71.8 Å². The maximum absolute atomic E-state index is 12.3. The molecule has 0 atom stereocenters. The molecule has 0 bridgehead atoms.